The molecule has 0 aliphatic rings. The lowest BCUT2D eigenvalue weighted by Crippen LogP contribution is -2.03. The van der Waals surface area contributed by atoms with Crippen LogP contribution in [0.15, 0.2) is 24.3 Å². The predicted octanol–water partition coefficient (Wildman–Crippen LogP) is 4.00. The Morgan fingerprint density at radius 2 is 1.45 bits per heavy atom. The maximum absolute atomic E-state index is 13.6. The van der Waals surface area contributed by atoms with E-state index in [1.807, 2.05) is 5.32 Å². The first-order chi connectivity index (χ1) is 9.43. The molecular weight excluding hydrogens is 279 g/mol. The maximum atomic E-state index is 13.6. The predicted molar refractivity (Wildman–Crippen MR) is 60.7 cm³/mol. The summed E-state index contributed by atoms with van der Waals surface area (Å²) in [7, 11) is 0. The first kappa shape index (κ1) is 13.8. The Hall–Kier alpha value is -2.62. The zero-order valence-electron chi connectivity index (χ0n) is 9.65. The van der Waals surface area contributed by atoms with Crippen molar-refractivity contribution in [3.63, 3.8) is 0 Å². The summed E-state index contributed by atoms with van der Waals surface area (Å²) in [4.78, 5) is 0. The van der Waals surface area contributed by atoms with Crippen LogP contribution in [-0.2, 0) is 0 Å². The van der Waals surface area contributed by atoms with E-state index in [0.29, 0.717) is 6.07 Å². The van der Waals surface area contributed by atoms with Gasteiger partial charge in [-0.15, -0.1) is 0 Å². The molecule has 2 aromatic rings. The Bertz CT molecular complexity index is 698. The van der Waals surface area contributed by atoms with Gasteiger partial charge in [0.25, 0.3) is 0 Å². The van der Waals surface area contributed by atoms with Gasteiger partial charge in [-0.2, -0.15) is 5.26 Å². The lowest BCUT2D eigenvalue weighted by molar-refractivity contribution is 0.449. The fourth-order valence-corrected chi connectivity index (χ4v) is 1.51. The van der Waals surface area contributed by atoms with E-state index < -0.39 is 40.5 Å². The van der Waals surface area contributed by atoms with Gasteiger partial charge in [0.15, 0.2) is 29.1 Å². The molecule has 0 aromatic heterocycles. The van der Waals surface area contributed by atoms with Gasteiger partial charge in [0, 0.05) is 0 Å². The zero-order chi connectivity index (χ0) is 14.9. The van der Waals surface area contributed by atoms with Crippen molar-refractivity contribution in [2.75, 3.05) is 5.32 Å². The number of nitrogens with zero attached hydrogens (tertiary/aromatic N) is 1. The SMILES string of the molecule is N#Cc1cc(F)c(Nc2ccc(F)c(F)c2F)c(F)c1. The number of nitriles is 1. The molecule has 20 heavy (non-hydrogen) atoms. The monoisotopic (exact) mass is 284 g/mol. The minimum absolute atomic E-state index is 0.267. The molecule has 0 radical (unpaired) electrons. The Morgan fingerprint density at radius 3 is 2.00 bits per heavy atom. The Morgan fingerprint density at radius 1 is 0.850 bits per heavy atom. The highest BCUT2D eigenvalue weighted by Gasteiger charge is 2.17. The molecule has 7 heteroatoms. The third-order valence-corrected chi connectivity index (χ3v) is 2.47. The summed E-state index contributed by atoms with van der Waals surface area (Å²) in [6, 6.07) is 4.39. The first-order valence-corrected chi connectivity index (χ1v) is 5.23. The summed E-state index contributed by atoms with van der Waals surface area (Å²) in [5.41, 5.74) is -1.67. The summed E-state index contributed by atoms with van der Waals surface area (Å²) < 4.78 is 66.2. The van der Waals surface area contributed by atoms with Crippen LogP contribution in [0.2, 0.25) is 0 Å². The number of rotatable bonds is 2. The van der Waals surface area contributed by atoms with Crippen LogP contribution >= 0.6 is 0 Å². The van der Waals surface area contributed by atoms with E-state index in [0.717, 1.165) is 18.2 Å². The molecule has 0 amide bonds. The number of hydrogen-bond acceptors (Lipinski definition) is 2. The second-order valence-corrected chi connectivity index (χ2v) is 3.77. The van der Waals surface area contributed by atoms with Gasteiger partial charge in [-0.25, -0.2) is 22.0 Å². The van der Waals surface area contributed by atoms with Crippen molar-refractivity contribution >= 4 is 11.4 Å². The van der Waals surface area contributed by atoms with Crippen LogP contribution in [0, 0.1) is 40.4 Å². The van der Waals surface area contributed by atoms with Crippen LogP contribution < -0.4 is 5.32 Å². The van der Waals surface area contributed by atoms with Crippen molar-refractivity contribution in [3.8, 4) is 6.07 Å². The average Bonchev–Trinajstić information content (AvgIpc) is 2.42. The Kier molecular flexibility index (Phi) is 3.57. The molecule has 2 nitrogen and oxygen atoms in total. The number of hydrogen-bond donors (Lipinski definition) is 1. The normalized spacial score (nSPS) is 10.2. The molecule has 2 aromatic carbocycles. The van der Waals surface area contributed by atoms with Crippen molar-refractivity contribution in [3.05, 3.63) is 58.9 Å². The Balaban J connectivity index is 2.46. The van der Waals surface area contributed by atoms with Crippen LogP contribution in [-0.4, -0.2) is 0 Å². The van der Waals surface area contributed by atoms with Crippen LogP contribution in [0.5, 0.6) is 0 Å². The summed E-state index contributed by atoms with van der Waals surface area (Å²) in [6.07, 6.45) is 0. The highest BCUT2D eigenvalue weighted by molar-refractivity contribution is 5.62. The molecule has 0 spiro atoms. The number of anilines is 2. The standard InChI is InChI=1S/C13H5F5N2/c14-7-1-2-10(12(18)11(7)17)20-13-8(15)3-6(5-19)4-9(13)16/h1-4,20H. The zero-order valence-corrected chi connectivity index (χ0v) is 9.65. The summed E-state index contributed by atoms with van der Waals surface area (Å²) in [6.45, 7) is 0. The lowest BCUT2D eigenvalue weighted by atomic mass is 10.2. The summed E-state index contributed by atoms with van der Waals surface area (Å²) >= 11 is 0. The fraction of sp³-hybridized carbons (Fsp3) is 0. The highest BCUT2D eigenvalue weighted by Crippen LogP contribution is 2.27. The van der Waals surface area contributed by atoms with Crippen LogP contribution in [0.3, 0.4) is 0 Å². The second kappa shape index (κ2) is 5.17. The minimum atomic E-state index is -1.76. The van der Waals surface area contributed by atoms with Gasteiger partial charge < -0.3 is 5.32 Å². The molecule has 0 aliphatic carbocycles. The molecule has 0 unspecified atom stereocenters. The number of nitrogens with one attached hydrogen (secondary N) is 1. The average molecular weight is 284 g/mol. The maximum Gasteiger partial charge on any atom is 0.196 e. The van der Waals surface area contributed by atoms with Crippen molar-refractivity contribution in [1.82, 2.24) is 0 Å². The summed E-state index contributed by atoms with van der Waals surface area (Å²) in [5, 5.41) is 10.5. The first-order valence-electron chi connectivity index (χ1n) is 5.23. The lowest BCUT2D eigenvalue weighted by Gasteiger charge is -2.10. The molecular formula is C13H5F5N2. The quantitative estimate of drug-likeness (QED) is 0.668. The van der Waals surface area contributed by atoms with Gasteiger partial charge in [-0.05, 0) is 24.3 Å². The van der Waals surface area contributed by atoms with Crippen LogP contribution in [0.4, 0.5) is 33.3 Å². The molecule has 0 saturated carbocycles. The van der Waals surface area contributed by atoms with Gasteiger partial charge in [0.2, 0.25) is 0 Å². The van der Waals surface area contributed by atoms with Crippen molar-refractivity contribution in [2.24, 2.45) is 0 Å². The van der Waals surface area contributed by atoms with Crippen molar-refractivity contribution < 1.29 is 22.0 Å². The summed E-state index contributed by atoms with van der Waals surface area (Å²) in [5.74, 6) is -7.11. The molecule has 0 heterocycles. The number of benzene rings is 2. The molecule has 0 aliphatic heterocycles. The largest absolute Gasteiger partial charge is 0.348 e. The van der Waals surface area contributed by atoms with Gasteiger partial charge >= 0.3 is 0 Å². The van der Waals surface area contributed by atoms with E-state index in [4.69, 9.17) is 5.26 Å². The second-order valence-electron chi connectivity index (χ2n) is 3.77. The Labute approximate surface area is 110 Å². The molecule has 1 N–H and O–H groups in total. The van der Waals surface area contributed by atoms with Gasteiger partial charge in [-0.3, -0.25) is 0 Å². The third kappa shape index (κ3) is 2.40. The van der Waals surface area contributed by atoms with E-state index in [1.165, 1.54) is 6.07 Å². The van der Waals surface area contributed by atoms with Crippen LogP contribution in [0.25, 0.3) is 0 Å². The van der Waals surface area contributed by atoms with E-state index in [2.05, 4.69) is 0 Å². The molecule has 0 atom stereocenters. The van der Waals surface area contributed by atoms with E-state index in [-0.39, 0.29) is 5.56 Å². The molecule has 0 saturated heterocycles. The van der Waals surface area contributed by atoms with Gasteiger partial charge in [0.1, 0.15) is 5.69 Å². The molecule has 0 bridgehead atoms. The van der Waals surface area contributed by atoms with Gasteiger partial charge in [0.05, 0.1) is 17.3 Å². The minimum Gasteiger partial charge on any atom is -0.348 e. The van der Waals surface area contributed by atoms with Gasteiger partial charge in [-0.1, -0.05) is 0 Å². The smallest absolute Gasteiger partial charge is 0.196 e. The molecule has 0 fully saturated rings. The highest BCUT2D eigenvalue weighted by atomic mass is 19.2. The van der Waals surface area contributed by atoms with Crippen molar-refractivity contribution in [1.29, 1.82) is 5.26 Å². The fourth-order valence-electron chi connectivity index (χ4n) is 1.51. The number of halogens is 5. The topological polar surface area (TPSA) is 35.8 Å². The van der Waals surface area contributed by atoms with Crippen LogP contribution in [0.1, 0.15) is 5.56 Å². The van der Waals surface area contributed by atoms with Crippen molar-refractivity contribution in [2.45, 2.75) is 0 Å². The van der Waals surface area contributed by atoms with E-state index in [9.17, 15) is 22.0 Å². The van der Waals surface area contributed by atoms with E-state index >= 15 is 0 Å². The molecule has 102 valence electrons. The molecule has 2 rings (SSSR count). The van der Waals surface area contributed by atoms with E-state index in [1.54, 1.807) is 0 Å². The third-order valence-electron chi connectivity index (χ3n) is 2.47.